The second-order valence-electron chi connectivity index (χ2n) is 4.31. The molecule has 3 aromatic rings. The minimum atomic E-state index is -4.45. The summed E-state index contributed by atoms with van der Waals surface area (Å²) in [5, 5.41) is 11.3. The molecule has 0 bridgehead atoms. The number of nitrogens with zero attached hydrogens (tertiary/aromatic N) is 6. The second kappa shape index (κ2) is 4.95. The predicted octanol–water partition coefficient (Wildman–Crippen LogP) is 2.20. The lowest BCUT2D eigenvalue weighted by molar-refractivity contribution is -0.141. The maximum atomic E-state index is 12.6. The molecule has 21 heavy (non-hydrogen) atoms. The van der Waals surface area contributed by atoms with E-state index in [1.807, 2.05) is 0 Å². The van der Waals surface area contributed by atoms with Gasteiger partial charge in [-0.25, -0.2) is 4.68 Å². The highest BCUT2D eigenvalue weighted by Crippen LogP contribution is 2.28. The van der Waals surface area contributed by atoms with Crippen LogP contribution in [0.4, 0.5) is 13.2 Å². The number of hydrogen-bond acceptors (Lipinski definition) is 5. The van der Waals surface area contributed by atoms with Crippen molar-refractivity contribution in [3.05, 3.63) is 35.4 Å². The Kier molecular flexibility index (Phi) is 3.24. The molecule has 0 aliphatic carbocycles. The molecule has 0 atom stereocenters. The van der Waals surface area contributed by atoms with Gasteiger partial charge in [0.15, 0.2) is 5.69 Å². The summed E-state index contributed by atoms with van der Waals surface area (Å²) in [4.78, 5) is 4.79. The normalized spacial score (nSPS) is 12.0. The van der Waals surface area contributed by atoms with Gasteiger partial charge in [-0.3, -0.25) is 9.67 Å². The summed E-state index contributed by atoms with van der Waals surface area (Å²) in [6.45, 7) is 0.158. The predicted molar refractivity (Wildman–Crippen MR) is 68.4 cm³/mol. The number of aromatic nitrogens is 6. The second-order valence-corrected chi connectivity index (χ2v) is 5.20. The van der Waals surface area contributed by atoms with Crippen molar-refractivity contribution in [1.82, 2.24) is 29.8 Å². The van der Waals surface area contributed by atoms with Gasteiger partial charge in [-0.05, 0) is 6.07 Å². The number of halogens is 3. The number of alkyl halides is 3. The summed E-state index contributed by atoms with van der Waals surface area (Å²) in [7, 11) is 1.46. The van der Waals surface area contributed by atoms with Crippen LogP contribution in [0, 0.1) is 0 Å². The molecule has 3 heterocycles. The van der Waals surface area contributed by atoms with E-state index in [1.54, 1.807) is 17.9 Å². The Morgan fingerprint density at radius 2 is 2.14 bits per heavy atom. The van der Waals surface area contributed by atoms with E-state index in [0.717, 1.165) is 10.9 Å². The number of aryl methyl sites for hydroxylation is 1. The summed E-state index contributed by atoms with van der Waals surface area (Å²) < 4.78 is 40.4. The highest BCUT2D eigenvalue weighted by Gasteiger charge is 2.34. The van der Waals surface area contributed by atoms with Gasteiger partial charge in [0.25, 0.3) is 0 Å². The van der Waals surface area contributed by atoms with E-state index < -0.39 is 11.9 Å². The third-order valence-corrected chi connectivity index (χ3v) is 3.61. The monoisotopic (exact) mass is 314 g/mol. The fourth-order valence-corrected chi connectivity index (χ4v) is 2.36. The first-order chi connectivity index (χ1) is 9.93. The molecule has 6 nitrogen and oxygen atoms in total. The zero-order valence-electron chi connectivity index (χ0n) is 10.7. The highest BCUT2D eigenvalue weighted by atomic mass is 32.1. The highest BCUT2D eigenvalue weighted by molar-refractivity contribution is 7.13. The number of thiazole rings is 1. The van der Waals surface area contributed by atoms with Crippen LogP contribution >= 0.6 is 11.3 Å². The maximum absolute atomic E-state index is 12.6. The molecule has 0 radical (unpaired) electrons. The fourth-order valence-electron chi connectivity index (χ4n) is 1.79. The van der Waals surface area contributed by atoms with Gasteiger partial charge in [-0.15, -0.1) is 16.4 Å². The van der Waals surface area contributed by atoms with Crippen LogP contribution in [0.3, 0.4) is 0 Å². The Hall–Kier alpha value is -2.23. The third-order valence-electron chi connectivity index (χ3n) is 2.81. The Balaban J connectivity index is 1.83. The number of rotatable bonds is 3. The van der Waals surface area contributed by atoms with E-state index in [1.165, 1.54) is 27.7 Å². The summed E-state index contributed by atoms with van der Waals surface area (Å²) in [6.07, 6.45) is -1.13. The van der Waals surface area contributed by atoms with Crippen LogP contribution < -0.4 is 0 Å². The molecule has 0 fully saturated rings. The fraction of sp³-hybridized carbons (Fsp3) is 0.273. The molecular formula is C11H9F3N6S. The lowest BCUT2D eigenvalue weighted by Crippen LogP contribution is -2.07. The lowest BCUT2D eigenvalue weighted by Gasteiger charge is -2.00. The van der Waals surface area contributed by atoms with E-state index in [0.29, 0.717) is 11.4 Å². The van der Waals surface area contributed by atoms with Crippen molar-refractivity contribution in [3.63, 3.8) is 0 Å². The average molecular weight is 314 g/mol. The van der Waals surface area contributed by atoms with E-state index in [-0.39, 0.29) is 6.54 Å². The third kappa shape index (κ3) is 2.79. The van der Waals surface area contributed by atoms with Crippen LogP contribution in [-0.4, -0.2) is 29.8 Å². The van der Waals surface area contributed by atoms with Crippen molar-refractivity contribution >= 4 is 11.3 Å². The van der Waals surface area contributed by atoms with Gasteiger partial charge in [0, 0.05) is 13.2 Å². The molecule has 0 aromatic carbocycles. The van der Waals surface area contributed by atoms with Gasteiger partial charge >= 0.3 is 6.18 Å². The molecule has 0 unspecified atom stereocenters. The summed E-state index contributed by atoms with van der Waals surface area (Å²) >= 11 is 1.41. The SMILES string of the molecule is Cn1nc(C(F)(F)F)cc1Cn1cc(-c2cncs2)nn1. The Bertz CT molecular complexity index is 742. The molecular weight excluding hydrogens is 305 g/mol. The molecule has 3 aromatic heterocycles. The van der Waals surface area contributed by atoms with Crippen molar-refractivity contribution in [2.75, 3.05) is 0 Å². The van der Waals surface area contributed by atoms with Gasteiger partial charge in [0.1, 0.15) is 5.69 Å². The molecule has 0 N–H and O–H groups in total. The molecule has 10 heteroatoms. The van der Waals surface area contributed by atoms with E-state index >= 15 is 0 Å². The zero-order chi connectivity index (χ0) is 15.0. The molecule has 110 valence electrons. The van der Waals surface area contributed by atoms with Crippen LogP contribution in [0.25, 0.3) is 10.6 Å². The van der Waals surface area contributed by atoms with Gasteiger partial charge in [0.2, 0.25) is 0 Å². The summed E-state index contributed by atoms with van der Waals surface area (Å²) in [5.41, 5.74) is 1.78. The largest absolute Gasteiger partial charge is 0.435 e. The quantitative estimate of drug-likeness (QED) is 0.743. The molecule has 0 amide bonds. The van der Waals surface area contributed by atoms with Crippen LogP contribution in [0.15, 0.2) is 24.0 Å². The first-order valence-corrected chi connectivity index (χ1v) is 6.70. The van der Waals surface area contributed by atoms with Crippen molar-refractivity contribution < 1.29 is 13.2 Å². The molecule has 0 aliphatic heterocycles. The molecule has 0 saturated carbocycles. The van der Waals surface area contributed by atoms with Crippen LogP contribution in [0.5, 0.6) is 0 Å². The topological polar surface area (TPSA) is 61.4 Å². The Morgan fingerprint density at radius 3 is 2.76 bits per heavy atom. The van der Waals surface area contributed by atoms with Crippen LogP contribution in [0.2, 0.25) is 0 Å². The van der Waals surface area contributed by atoms with Crippen molar-refractivity contribution in [2.24, 2.45) is 7.05 Å². The van der Waals surface area contributed by atoms with E-state index in [2.05, 4.69) is 20.4 Å². The molecule has 0 saturated heterocycles. The minimum absolute atomic E-state index is 0.158. The average Bonchev–Trinajstić information content (AvgIpc) is 3.10. The van der Waals surface area contributed by atoms with E-state index in [9.17, 15) is 13.2 Å². The van der Waals surface area contributed by atoms with Crippen molar-refractivity contribution in [2.45, 2.75) is 12.7 Å². The van der Waals surface area contributed by atoms with Gasteiger partial charge in [0.05, 0.1) is 28.8 Å². The Labute approximate surface area is 120 Å². The first-order valence-electron chi connectivity index (χ1n) is 5.82. The Morgan fingerprint density at radius 1 is 1.33 bits per heavy atom. The first kappa shape index (κ1) is 13.7. The van der Waals surface area contributed by atoms with Crippen molar-refractivity contribution in [1.29, 1.82) is 0 Å². The lowest BCUT2D eigenvalue weighted by atomic mass is 10.3. The summed E-state index contributed by atoms with van der Waals surface area (Å²) in [6, 6.07) is 1.01. The smallest absolute Gasteiger partial charge is 0.270 e. The minimum Gasteiger partial charge on any atom is -0.270 e. The van der Waals surface area contributed by atoms with Gasteiger partial charge < -0.3 is 0 Å². The molecule has 0 spiro atoms. The maximum Gasteiger partial charge on any atom is 0.435 e. The summed E-state index contributed by atoms with van der Waals surface area (Å²) in [5.74, 6) is 0. The van der Waals surface area contributed by atoms with Crippen molar-refractivity contribution in [3.8, 4) is 10.6 Å². The van der Waals surface area contributed by atoms with Gasteiger partial charge in [-0.2, -0.15) is 18.3 Å². The van der Waals surface area contributed by atoms with Crippen LogP contribution in [0.1, 0.15) is 11.4 Å². The zero-order valence-corrected chi connectivity index (χ0v) is 11.6. The standard InChI is InChI=1S/C11H9F3N6S/c1-19-7(2-10(17-19)11(12,13)14)4-20-5-8(16-18-20)9-3-15-6-21-9/h2-3,5-6H,4H2,1H3. The van der Waals surface area contributed by atoms with E-state index in [4.69, 9.17) is 0 Å². The van der Waals surface area contributed by atoms with Crippen LogP contribution in [-0.2, 0) is 19.8 Å². The molecule has 0 aliphatic rings. The molecule has 3 rings (SSSR count). The number of hydrogen-bond donors (Lipinski definition) is 0. The van der Waals surface area contributed by atoms with Gasteiger partial charge in [-0.1, -0.05) is 5.21 Å².